The molecular weight excluding hydrogens is 580 g/mol. The number of fused-ring (bicyclic) bond motifs is 7. The molecule has 1 aromatic rings. The third kappa shape index (κ3) is 4.75. The third-order valence-corrected chi connectivity index (χ3v) is 14.7. The standard InChI is InChI=1S/C38H54N2O6/c1-23(41)46-30-13-14-36(6)29(33(30,2)3)12-15-38(8)31(36)28(42)21-26-27-22-35(5,17-16-34(27,4)18-19-37(26,38)7)32(43)39-24-10-9-11-25(20-24)40(44)45/h9-11,20-21,27,29-31,40,44H,12-19,22H2,1-8H3,(H,39,43)/t27-,29+,30+,31+,34+,35+,36+,37-,38+/m0/s1. The second-order valence-corrected chi connectivity index (χ2v) is 17.6. The van der Waals surface area contributed by atoms with Gasteiger partial charge in [0, 0.05) is 41.5 Å². The number of benzene rings is 1. The van der Waals surface area contributed by atoms with E-state index < -0.39 is 10.6 Å². The number of nitrogens with one attached hydrogen (secondary N) is 2. The van der Waals surface area contributed by atoms with Crippen molar-refractivity contribution in [1.82, 2.24) is 0 Å². The molecule has 8 heteroatoms. The Labute approximate surface area is 274 Å². The van der Waals surface area contributed by atoms with Crippen molar-refractivity contribution in [2.45, 2.75) is 119 Å². The number of esters is 1. The van der Waals surface area contributed by atoms with Crippen LogP contribution in [0.3, 0.4) is 0 Å². The molecule has 0 bridgehead atoms. The lowest BCUT2D eigenvalue weighted by atomic mass is 9.33. The summed E-state index contributed by atoms with van der Waals surface area (Å²) in [6.07, 6.45) is 9.93. The summed E-state index contributed by atoms with van der Waals surface area (Å²) in [5.41, 5.74) is 0.472. The lowest BCUT2D eigenvalue weighted by Gasteiger charge is -2.70. The van der Waals surface area contributed by atoms with E-state index in [9.17, 15) is 24.8 Å². The van der Waals surface area contributed by atoms with E-state index in [0.29, 0.717) is 12.1 Å². The van der Waals surface area contributed by atoms with Gasteiger partial charge in [-0.1, -0.05) is 60.1 Å². The van der Waals surface area contributed by atoms with Gasteiger partial charge in [-0.25, -0.2) is 5.21 Å². The van der Waals surface area contributed by atoms with Crippen LogP contribution in [0.1, 0.15) is 113 Å². The van der Waals surface area contributed by atoms with E-state index in [1.807, 2.05) is 13.0 Å². The number of hydrogen-bond acceptors (Lipinski definition) is 6. The van der Waals surface area contributed by atoms with E-state index >= 15 is 0 Å². The summed E-state index contributed by atoms with van der Waals surface area (Å²) in [7, 11) is 0. The van der Waals surface area contributed by atoms with Gasteiger partial charge >= 0.3 is 5.97 Å². The minimum Gasteiger partial charge on any atom is -0.595 e. The van der Waals surface area contributed by atoms with Crippen molar-refractivity contribution in [3.63, 3.8) is 0 Å². The van der Waals surface area contributed by atoms with Crippen molar-refractivity contribution in [3.8, 4) is 0 Å². The molecule has 0 radical (unpaired) electrons. The number of rotatable bonds is 4. The summed E-state index contributed by atoms with van der Waals surface area (Å²) >= 11 is 0. The number of anilines is 1. The average Bonchev–Trinajstić information content (AvgIpc) is 2.96. The summed E-state index contributed by atoms with van der Waals surface area (Å²) < 4.78 is 5.86. The number of hydrogen-bond donors (Lipinski definition) is 3. The Kier molecular flexibility index (Phi) is 7.78. The highest BCUT2D eigenvalue weighted by Gasteiger charge is 2.70. The predicted molar refractivity (Wildman–Crippen MR) is 176 cm³/mol. The molecule has 1 aromatic carbocycles. The van der Waals surface area contributed by atoms with Crippen molar-refractivity contribution in [2.75, 3.05) is 5.32 Å². The van der Waals surface area contributed by atoms with Gasteiger partial charge in [-0.2, -0.15) is 5.23 Å². The van der Waals surface area contributed by atoms with Crippen molar-refractivity contribution < 1.29 is 29.6 Å². The van der Waals surface area contributed by atoms with E-state index in [1.54, 1.807) is 12.1 Å². The van der Waals surface area contributed by atoms with Gasteiger partial charge in [0.1, 0.15) is 6.10 Å². The quantitative estimate of drug-likeness (QED) is 0.244. The van der Waals surface area contributed by atoms with Crippen LogP contribution in [0, 0.1) is 55.5 Å². The molecule has 3 N–H and O–H groups in total. The number of ether oxygens (including phenoxy) is 1. The molecule has 8 nitrogen and oxygen atoms in total. The summed E-state index contributed by atoms with van der Waals surface area (Å²) in [5, 5.41) is 23.0. The van der Waals surface area contributed by atoms with Gasteiger partial charge in [0.15, 0.2) is 11.5 Å². The Balaban J connectivity index is 1.33. The molecule has 0 spiro atoms. The molecular formula is C38H54N2O6. The lowest BCUT2D eigenvalue weighted by molar-refractivity contribution is -0.991. The van der Waals surface area contributed by atoms with Crippen molar-refractivity contribution in [1.29, 1.82) is 0 Å². The molecule has 0 saturated heterocycles. The predicted octanol–water partition coefficient (Wildman–Crippen LogP) is 6.94. The Morgan fingerprint density at radius 3 is 2.35 bits per heavy atom. The first-order valence-electron chi connectivity index (χ1n) is 17.4. The summed E-state index contributed by atoms with van der Waals surface area (Å²) in [5.74, 6) is 0.210. The number of ketones is 1. The molecule has 10 atom stereocenters. The highest BCUT2D eigenvalue weighted by Crippen LogP contribution is 2.75. The SMILES string of the molecule is CC(=O)O[C@@H]1CC[C@]2(C)[C@H](CC[C@]3(C)[C@@H]2C(=O)C=C2[C@@H]4C[C@](C)(C(=O)Nc5cccc([NH+]([O-])O)c5)CC[C@]4(C)CC[C@@]23C)C1(C)C. The van der Waals surface area contributed by atoms with Crippen LogP contribution in [0.5, 0.6) is 0 Å². The molecule has 4 saturated carbocycles. The maximum absolute atomic E-state index is 14.7. The number of quaternary nitrogens is 1. The van der Waals surface area contributed by atoms with E-state index in [4.69, 9.17) is 4.74 Å². The van der Waals surface area contributed by atoms with Gasteiger partial charge in [0.2, 0.25) is 5.91 Å². The molecule has 6 rings (SSSR count). The van der Waals surface area contributed by atoms with E-state index in [1.165, 1.54) is 24.6 Å². The van der Waals surface area contributed by atoms with Gasteiger partial charge in [-0.05, 0) is 103 Å². The molecule has 1 amide bonds. The number of carbonyl (C=O) groups is 3. The van der Waals surface area contributed by atoms with Gasteiger partial charge in [-0.3, -0.25) is 14.4 Å². The zero-order valence-corrected chi connectivity index (χ0v) is 29.0. The first kappa shape index (κ1) is 33.4. The Morgan fingerprint density at radius 1 is 0.978 bits per heavy atom. The molecule has 0 aromatic heterocycles. The monoisotopic (exact) mass is 634 g/mol. The molecule has 46 heavy (non-hydrogen) atoms. The van der Waals surface area contributed by atoms with Crippen molar-refractivity contribution >= 4 is 29.0 Å². The lowest BCUT2D eigenvalue weighted by Crippen LogP contribution is -2.99. The molecule has 0 aliphatic heterocycles. The number of amides is 1. The summed E-state index contributed by atoms with van der Waals surface area (Å²) in [6, 6.07) is 6.42. The molecule has 4 fully saturated rings. The number of carbonyl (C=O) groups excluding carboxylic acids is 3. The fourth-order valence-corrected chi connectivity index (χ4v) is 11.8. The Bertz CT molecular complexity index is 1480. The maximum Gasteiger partial charge on any atom is 0.302 e. The van der Waals surface area contributed by atoms with Crippen LogP contribution < -0.4 is 10.5 Å². The zero-order valence-electron chi connectivity index (χ0n) is 29.0. The maximum atomic E-state index is 14.7. The second-order valence-electron chi connectivity index (χ2n) is 17.6. The van der Waals surface area contributed by atoms with Crippen LogP contribution in [-0.4, -0.2) is 29.0 Å². The third-order valence-electron chi connectivity index (χ3n) is 14.7. The molecule has 0 heterocycles. The highest BCUT2D eigenvalue weighted by molar-refractivity contribution is 5.97. The first-order chi connectivity index (χ1) is 21.3. The minimum absolute atomic E-state index is 0.0169. The van der Waals surface area contributed by atoms with Crippen LogP contribution in [-0.2, 0) is 19.1 Å². The zero-order chi connectivity index (χ0) is 33.7. The van der Waals surface area contributed by atoms with Gasteiger partial charge in [0.25, 0.3) is 0 Å². The fourth-order valence-electron chi connectivity index (χ4n) is 11.8. The van der Waals surface area contributed by atoms with Crippen LogP contribution in [0.15, 0.2) is 35.9 Å². The summed E-state index contributed by atoms with van der Waals surface area (Å²) in [6.45, 7) is 17.5. The smallest absolute Gasteiger partial charge is 0.302 e. The van der Waals surface area contributed by atoms with Gasteiger partial charge in [0.05, 0.1) is 0 Å². The van der Waals surface area contributed by atoms with E-state index in [2.05, 4.69) is 46.9 Å². The fraction of sp³-hybridized carbons (Fsp3) is 0.711. The first-order valence-corrected chi connectivity index (χ1v) is 17.4. The topological polar surface area (TPSA) is 120 Å². The van der Waals surface area contributed by atoms with Crippen LogP contribution in [0.4, 0.5) is 11.4 Å². The normalized spacial score (nSPS) is 43.5. The number of allylic oxidation sites excluding steroid dienone is 2. The van der Waals surface area contributed by atoms with Crippen LogP contribution >= 0.6 is 0 Å². The van der Waals surface area contributed by atoms with E-state index in [0.717, 1.165) is 51.4 Å². The average molecular weight is 635 g/mol. The van der Waals surface area contributed by atoms with Crippen molar-refractivity contribution in [2.24, 2.45) is 50.2 Å². The van der Waals surface area contributed by atoms with E-state index in [-0.39, 0.29) is 74.3 Å². The Hall–Kier alpha value is -2.55. The Morgan fingerprint density at radius 2 is 1.67 bits per heavy atom. The largest absolute Gasteiger partial charge is 0.595 e. The molecule has 252 valence electrons. The molecule has 5 aliphatic carbocycles. The molecule has 1 unspecified atom stereocenters. The molecule has 5 aliphatic rings. The highest BCUT2D eigenvalue weighted by atomic mass is 16.8. The van der Waals surface area contributed by atoms with Crippen LogP contribution in [0.25, 0.3) is 0 Å². The van der Waals surface area contributed by atoms with Gasteiger partial charge < -0.3 is 15.3 Å². The second kappa shape index (κ2) is 10.7. The van der Waals surface area contributed by atoms with Crippen molar-refractivity contribution in [3.05, 3.63) is 41.1 Å². The summed E-state index contributed by atoms with van der Waals surface area (Å²) in [4.78, 5) is 40.6. The minimum atomic E-state index is -1.03. The van der Waals surface area contributed by atoms with Crippen LogP contribution in [0.2, 0.25) is 0 Å². The van der Waals surface area contributed by atoms with Gasteiger partial charge in [-0.15, -0.1) is 0 Å².